The topological polar surface area (TPSA) is 74.0 Å². The average molecular weight is 398 g/mol. The first-order chi connectivity index (χ1) is 13.3. The van der Waals surface area contributed by atoms with Crippen LogP contribution in [0.4, 0.5) is 5.69 Å². The lowest BCUT2D eigenvalue weighted by atomic mass is 9.90. The first-order valence-corrected chi connectivity index (χ1v) is 9.58. The maximum Gasteiger partial charge on any atom is 0.239 e. The number of fused-ring (bicyclic) bond motifs is 1. The molecule has 0 unspecified atom stereocenters. The second-order valence-corrected chi connectivity index (χ2v) is 7.82. The van der Waals surface area contributed by atoms with Crippen LogP contribution in [0.15, 0.2) is 48.7 Å². The van der Waals surface area contributed by atoms with Gasteiger partial charge in [-0.25, -0.2) is 0 Å². The van der Waals surface area contributed by atoms with Gasteiger partial charge in [-0.05, 0) is 56.5 Å². The van der Waals surface area contributed by atoms with E-state index in [2.05, 4.69) is 15.6 Å². The molecule has 2 aromatic carbocycles. The molecule has 0 saturated carbocycles. The molecule has 0 fully saturated rings. The maximum absolute atomic E-state index is 12.6. The highest BCUT2D eigenvalue weighted by Crippen LogP contribution is 2.23. The Hall–Kier alpha value is -2.79. The van der Waals surface area contributed by atoms with Gasteiger partial charge in [0.1, 0.15) is 5.41 Å². The maximum atomic E-state index is 12.6. The standard InChI is InChI=1S/C22H24ClN3O2/c1-14-8-9-16(12-18(14)23)26-21(28)22(2,3)20(27)24-11-10-15-13-25-19-7-5-4-6-17(15)19/h4-9,12-13,25H,10-11H2,1-3H3,(H,24,27)(H,26,28). The Morgan fingerprint density at radius 3 is 2.61 bits per heavy atom. The van der Waals surface area contributed by atoms with E-state index in [-0.39, 0.29) is 11.8 Å². The molecular formula is C22H24ClN3O2. The summed E-state index contributed by atoms with van der Waals surface area (Å²) < 4.78 is 0. The van der Waals surface area contributed by atoms with Crippen molar-refractivity contribution in [2.75, 3.05) is 11.9 Å². The Bertz CT molecular complexity index is 1020. The fraction of sp³-hybridized carbons (Fsp3) is 0.273. The Morgan fingerprint density at radius 2 is 1.86 bits per heavy atom. The molecule has 1 aromatic heterocycles. The van der Waals surface area contributed by atoms with Crippen molar-refractivity contribution in [3.05, 3.63) is 64.8 Å². The van der Waals surface area contributed by atoms with E-state index in [9.17, 15) is 9.59 Å². The van der Waals surface area contributed by atoms with Gasteiger partial charge in [0, 0.05) is 34.4 Å². The number of hydrogen-bond donors (Lipinski definition) is 3. The third-order valence-corrected chi connectivity index (χ3v) is 5.33. The van der Waals surface area contributed by atoms with Crippen LogP contribution in [0.2, 0.25) is 5.02 Å². The SMILES string of the molecule is Cc1ccc(NC(=O)C(C)(C)C(=O)NCCc2c[nH]c3ccccc23)cc1Cl. The van der Waals surface area contributed by atoms with Gasteiger partial charge in [-0.15, -0.1) is 0 Å². The summed E-state index contributed by atoms with van der Waals surface area (Å²) in [6.07, 6.45) is 2.64. The number of H-pyrrole nitrogens is 1. The summed E-state index contributed by atoms with van der Waals surface area (Å²) in [5.74, 6) is -0.694. The fourth-order valence-electron chi connectivity index (χ4n) is 2.93. The zero-order valence-electron chi connectivity index (χ0n) is 16.2. The Morgan fingerprint density at radius 1 is 1.11 bits per heavy atom. The van der Waals surface area contributed by atoms with Crippen molar-refractivity contribution in [2.24, 2.45) is 5.41 Å². The molecule has 0 radical (unpaired) electrons. The number of carbonyl (C=O) groups is 2. The highest BCUT2D eigenvalue weighted by molar-refractivity contribution is 6.31. The molecule has 0 atom stereocenters. The summed E-state index contributed by atoms with van der Waals surface area (Å²) in [6.45, 7) is 5.56. The first-order valence-electron chi connectivity index (χ1n) is 9.20. The number of nitrogens with one attached hydrogen (secondary N) is 3. The molecule has 0 aliphatic carbocycles. The molecule has 1 heterocycles. The molecule has 3 N–H and O–H groups in total. The van der Waals surface area contributed by atoms with Crippen LogP contribution in [0.3, 0.4) is 0 Å². The molecule has 2 amide bonds. The fourth-order valence-corrected chi connectivity index (χ4v) is 3.11. The number of rotatable bonds is 6. The van der Waals surface area contributed by atoms with Gasteiger partial charge < -0.3 is 15.6 Å². The van der Waals surface area contributed by atoms with Gasteiger partial charge >= 0.3 is 0 Å². The van der Waals surface area contributed by atoms with Gasteiger partial charge in [0.15, 0.2) is 0 Å². The Labute approximate surface area is 169 Å². The molecule has 5 nitrogen and oxygen atoms in total. The number of halogens is 1. The number of carbonyl (C=O) groups excluding carboxylic acids is 2. The van der Waals surface area contributed by atoms with Crippen molar-refractivity contribution >= 4 is 40.0 Å². The summed E-state index contributed by atoms with van der Waals surface area (Å²) in [5, 5.41) is 7.36. The number of aryl methyl sites for hydroxylation is 1. The van der Waals surface area contributed by atoms with Crippen molar-refractivity contribution in [1.29, 1.82) is 0 Å². The number of anilines is 1. The van der Waals surface area contributed by atoms with Crippen LogP contribution in [-0.4, -0.2) is 23.3 Å². The largest absolute Gasteiger partial charge is 0.361 e. The highest BCUT2D eigenvalue weighted by Gasteiger charge is 2.35. The van der Waals surface area contributed by atoms with E-state index in [1.807, 2.05) is 43.5 Å². The highest BCUT2D eigenvalue weighted by atomic mass is 35.5. The van der Waals surface area contributed by atoms with Crippen LogP contribution in [0, 0.1) is 12.3 Å². The van der Waals surface area contributed by atoms with Gasteiger partial charge in [0.05, 0.1) is 0 Å². The molecule has 0 saturated heterocycles. The number of amides is 2. The van der Waals surface area contributed by atoms with Crippen LogP contribution in [0.1, 0.15) is 25.0 Å². The summed E-state index contributed by atoms with van der Waals surface area (Å²) in [7, 11) is 0. The molecule has 28 heavy (non-hydrogen) atoms. The van der Waals surface area contributed by atoms with E-state index in [0.29, 0.717) is 23.7 Å². The molecule has 146 valence electrons. The lowest BCUT2D eigenvalue weighted by Crippen LogP contribution is -2.45. The second-order valence-electron chi connectivity index (χ2n) is 7.41. The number of para-hydroxylation sites is 1. The zero-order chi connectivity index (χ0) is 20.3. The van der Waals surface area contributed by atoms with E-state index >= 15 is 0 Å². The number of benzene rings is 2. The Balaban J connectivity index is 1.58. The predicted octanol–water partition coefficient (Wildman–Crippen LogP) is 4.45. The van der Waals surface area contributed by atoms with E-state index in [1.165, 1.54) is 0 Å². The molecule has 3 rings (SSSR count). The van der Waals surface area contributed by atoms with Crippen molar-refractivity contribution in [1.82, 2.24) is 10.3 Å². The monoisotopic (exact) mass is 397 g/mol. The number of aromatic amines is 1. The normalized spacial score (nSPS) is 11.4. The molecule has 0 aliphatic heterocycles. The number of hydrogen-bond acceptors (Lipinski definition) is 2. The molecule has 3 aromatic rings. The predicted molar refractivity (Wildman–Crippen MR) is 114 cm³/mol. The average Bonchev–Trinajstić information content (AvgIpc) is 3.08. The van der Waals surface area contributed by atoms with Gasteiger partial charge in [0.25, 0.3) is 0 Å². The van der Waals surface area contributed by atoms with Crippen LogP contribution in [-0.2, 0) is 16.0 Å². The lowest BCUT2D eigenvalue weighted by molar-refractivity contribution is -0.138. The summed E-state index contributed by atoms with van der Waals surface area (Å²) >= 11 is 6.10. The van der Waals surface area contributed by atoms with Crippen molar-refractivity contribution in [2.45, 2.75) is 27.2 Å². The van der Waals surface area contributed by atoms with E-state index in [0.717, 1.165) is 22.0 Å². The van der Waals surface area contributed by atoms with Crippen molar-refractivity contribution in [3.8, 4) is 0 Å². The van der Waals surface area contributed by atoms with Gasteiger partial charge in [0.2, 0.25) is 11.8 Å². The van der Waals surface area contributed by atoms with E-state index < -0.39 is 5.41 Å². The van der Waals surface area contributed by atoms with Crippen LogP contribution >= 0.6 is 11.6 Å². The summed E-state index contributed by atoms with van der Waals surface area (Å²) in [6, 6.07) is 13.3. The van der Waals surface area contributed by atoms with Crippen molar-refractivity contribution < 1.29 is 9.59 Å². The summed E-state index contributed by atoms with van der Waals surface area (Å²) in [5.41, 5.74) is 2.49. The van der Waals surface area contributed by atoms with Crippen molar-refractivity contribution in [3.63, 3.8) is 0 Å². The van der Waals surface area contributed by atoms with E-state index in [4.69, 9.17) is 11.6 Å². The third-order valence-electron chi connectivity index (χ3n) is 4.92. The molecule has 0 aliphatic rings. The van der Waals surface area contributed by atoms with Crippen LogP contribution < -0.4 is 10.6 Å². The minimum Gasteiger partial charge on any atom is -0.361 e. The molecule has 6 heteroatoms. The number of aromatic nitrogens is 1. The lowest BCUT2D eigenvalue weighted by Gasteiger charge is -2.23. The van der Waals surface area contributed by atoms with Crippen LogP contribution in [0.25, 0.3) is 10.9 Å². The van der Waals surface area contributed by atoms with Gasteiger partial charge in [-0.1, -0.05) is 35.9 Å². The van der Waals surface area contributed by atoms with Gasteiger partial charge in [-0.3, -0.25) is 9.59 Å². The zero-order valence-corrected chi connectivity index (χ0v) is 17.0. The second kappa shape index (κ2) is 8.07. The van der Waals surface area contributed by atoms with Crippen LogP contribution in [0.5, 0.6) is 0 Å². The smallest absolute Gasteiger partial charge is 0.239 e. The minimum absolute atomic E-state index is 0.317. The van der Waals surface area contributed by atoms with Gasteiger partial charge in [-0.2, -0.15) is 0 Å². The molecule has 0 spiro atoms. The molecule has 0 bridgehead atoms. The minimum atomic E-state index is -1.21. The quantitative estimate of drug-likeness (QED) is 0.537. The summed E-state index contributed by atoms with van der Waals surface area (Å²) in [4.78, 5) is 28.4. The Kier molecular flexibility index (Phi) is 5.75. The third kappa shape index (κ3) is 4.20. The molecular weight excluding hydrogens is 374 g/mol. The van der Waals surface area contributed by atoms with E-state index in [1.54, 1.807) is 26.0 Å². The first kappa shape index (κ1) is 20.0.